The number of hydrogen-bond acceptors (Lipinski definition) is 6. The highest BCUT2D eigenvalue weighted by molar-refractivity contribution is 7.22. The van der Waals surface area contributed by atoms with Gasteiger partial charge in [-0.15, -0.1) is 0 Å². The van der Waals surface area contributed by atoms with Gasteiger partial charge in [0.05, 0.1) is 10.2 Å². The molecule has 2 heterocycles. The summed E-state index contributed by atoms with van der Waals surface area (Å²) in [4.78, 5) is 21.5. The molecule has 0 N–H and O–H groups in total. The van der Waals surface area contributed by atoms with Gasteiger partial charge in [-0.3, -0.25) is 9.69 Å². The number of hydrogen-bond donors (Lipinski definition) is 0. The van der Waals surface area contributed by atoms with Crippen LogP contribution in [-0.4, -0.2) is 56.2 Å². The third-order valence-electron chi connectivity index (χ3n) is 4.53. The van der Waals surface area contributed by atoms with Crippen molar-refractivity contribution in [3.63, 3.8) is 0 Å². The molecular formula is C22H23N3O3S. The minimum absolute atomic E-state index is 0.0907. The van der Waals surface area contributed by atoms with Crippen LogP contribution < -0.4 is 14.4 Å². The summed E-state index contributed by atoms with van der Waals surface area (Å²) in [5.41, 5.74) is 1.80. The number of ether oxygens (including phenoxy) is 2. The average Bonchev–Trinajstić information content (AvgIpc) is 3.13. The molecule has 7 heteroatoms. The van der Waals surface area contributed by atoms with Gasteiger partial charge in [0.1, 0.15) is 13.2 Å². The Labute approximate surface area is 174 Å². The molecule has 0 saturated heterocycles. The fourth-order valence-corrected chi connectivity index (χ4v) is 4.00. The topological polar surface area (TPSA) is 54.9 Å². The van der Waals surface area contributed by atoms with Crippen LogP contribution in [0.3, 0.4) is 0 Å². The molecule has 4 rings (SSSR count). The zero-order valence-corrected chi connectivity index (χ0v) is 17.3. The molecule has 0 spiro atoms. The van der Waals surface area contributed by atoms with Gasteiger partial charge in [0.25, 0.3) is 5.91 Å². The van der Waals surface area contributed by atoms with Crippen LogP contribution in [0.1, 0.15) is 5.56 Å². The second-order valence-electron chi connectivity index (χ2n) is 7.00. The molecule has 0 saturated carbocycles. The van der Waals surface area contributed by atoms with E-state index < -0.39 is 0 Å². The summed E-state index contributed by atoms with van der Waals surface area (Å²) in [6.07, 6.45) is 3.44. The highest BCUT2D eigenvalue weighted by Gasteiger charge is 2.20. The van der Waals surface area contributed by atoms with Crippen molar-refractivity contribution in [2.24, 2.45) is 0 Å². The molecule has 0 unspecified atom stereocenters. The van der Waals surface area contributed by atoms with Crippen LogP contribution in [0, 0.1) is 0 Å². The quantitative estimate of drug-likeness (QED) is 0.582. The van der Waals surface area contributed by atoms with Crippen LogP contribution in [0.15, 0.2) is 48.5 Å². The molecule has 0 bridgehead atoms. The van der Waals surface area contributed by atoms with Crippen molar-refractivity contribution in [2.75, 3.05) is 45.3 Å². The summed E-state index contributed by atoms with van der Waals surface area (Å²) in [6.45, 7) is 2.37. The van der Waals surface area contributed by atoms with E-state index in [0.29, 0.717) is 30.6 Å². The third kappa shape index (κ3) is 4.58. The summed E-state index contributed by atoms with van der Waals surface area (Å²) >= 11 is 1.49. The molecule has 2 aromatic carbocycles. The number of nitrogens with zero attached hydrogens (tertiary/aromatic N) is 3. The Morgan fingerprint density at radius 3 is 2.55 bits per heavy atom. The van der Waals surface area contributed by atoms with Crippen LogP contribution in [0.25, 0.3) is 16.3 Å². The Morgan fingerprint density at radius 1 is 1.10 bits per heavy atom. The minimum atomic E-state index is -0.0907. The fourth-order valence-electron chi connectivity index (χ4n) is 2.99. The SMILES string of the molecule is CN(C)CCN(C(=O)/C=C/c1ccccc1)c1nc2cc3c(cc2s1)OCCO3. The summed E-state index contributed by atoms with van der Waals surface area (Å²) in [6, 6.07) is 13.6. The van der Waals surface area contributed by atoms with Crippen molar-refractivity contribution >= 4 is 38.7 Å². The Kier molecular flexibility index (Phi) is 5.78. The van der Waals surface area contributed by atoms with Crippen molar-refractivity contribution in [2.45, 2.75) is 0 Å². The van der Waals surface area contributed by atoms with Gasteiger partial charge >= 0.3 is 0 Å². The predicted molar refractivity (Wildman–Crippen MR) is 117 cm³/mol. The lowest BCUT2D eigenvalue weighted by molar-refractivity contribution is -0.114. The summed E-state index contributed by atoms with van der Waals surface area (Å²) in [5, 5.41) is 0.673. The monoisotopic (exact) mass is 409 g/mol. The first-order chi connectivity index (χ1) is 14.1. The Bertz CT molecular complexity index is 987. The number of rotatable bonds is 6. The highest BCUT2D eigenvalue weighted by atomic mass is 32.1. The molecule has 1 amide bonds. The Hall–Kier alpha value is -2.90. The molecule has 1 aliphatic heterocycles. The first-order valence-electron chi connectivity index (χ1n) is 9.50. The molecule has 3 aromatic rings. The van der Waals surface area contributed by atoms with Gasteiger partial charge in [-0.05, 0) is 25.7 Å². The molecule has 0 fully saturated rings. The fraction of sp³-hybridized carbons (Fsp3) is 0.273. The van der Waals surface area contributed by atoms with E-state index in [1.807, 2.05) is 62.6 Å². The summed E-state index contributed by atoms with van der Waals surface area (Å²) in [5.74, 6) is 1.34. The van der Waals surface area contributed by atoms with E-state index >= 15 is 0 Å². The second-order valence-corrected chi connectivity index (χ2v) is 8.01. The maximum Gasteiger partial charge on any atom is 0.252 e. The molecular weight excluding hydrogens is 386 g/mol. The summed E-state index contributed by atoms with van der Waals surface area (Å²) in [7, 11) is 3.98. The molecule has 1 aliphatic rings. The molecule has 0 atom stereocenters. The number of likely N-dealkylation sites (N-methyl/N-ethyl adjacent to an activating group) is 1. The molecule has 29 heavy (non-hydrogen) atoms. The van der Waals surface area contributed by atoms with Gasteiger partial charge in [0.15, 0.2) is 16.6 Å². The summed E-state index contributed by atoms with van der Waals surface area (Å²) < 4.78 is 12.3. The Balaban J connectivity index is 1.63. The largest absolute Gasteiger partial charge is 0.486 e. The number of aromatic nitrogens is 1. The standard InChI is InChI=1S/C22H23N3O3S/c1-24(2)10-11-25(21(26)9-8-16-6-4-3-5-7-16)22-23-17-14-18-19(15-20(17)29-22)28-13-12-27-18/h3-9,14-15H,10-13H2,1-2H3/b9-8+. The predicted octanol–water partition coefficient (Wildman–Crippen LogP) is 3.68. The van der Waals surface area contributed by atoms with Gasteiger partial charge in [-0.25, -0.2) is 4.98 Å². The van der Waals surface area contributed by atoms with E-state index in [1.54, 1.807) is 11.0 Å². The molecule has 0 aliphatic carbocycles. The zero-order chi connectivity index (χ0) is 20.2. The van der Waals surface area contributed by atoms with Gasteiger partial charge in [0, 0.05) is 31.3 Å². The number of carbonyl (C=O) groups excluding carboxylic acids is 1. The number of fused-ring (bicyclic) bond motifs is 2. The normalized spacial score (nSPS) is 13.3. The minimum Gasteiger partial charge on any atom is -0.486 e. The van der Waals surface area contributed by atoms with Crippen molar-refractivity contribution in [3.8, 4) is 11.5 Å². The molecule has 6 nitrogen and oxygen atoms in total. The number of carbonyl (C=O) groups is 1. The highest BCUT2D eigenvalue weighted by Crippen LogP contribution is 2.38. The first kappa shape index (κ1) is 19.4. The van der Waals surface area contributed by atoms with Crippen molar-refractivity contribution < 1.29 is 14.3 Å². The first-order valence-corrected chi connectivity index (χ1v) is 10.3. The number of anilines is 1. The van der Waals surface area contributed by atoms with Crippen molar-refractivity contribution in [1.82, 2.24) is 9.88 Å². The molecule has 150 valence electrons. The van der Waals surface area contributed by atoms with E-state index in [2.05, 4.69) is 4.90 Å². The van der Waals surface area contributed by atoms with Crippen LogP contribution in [0.2, 0.25) is 0 Å². The molecule has 1 aromatic heterocycles. The average molecular weight is 410 g/mol. The second kappa shape index (κ2) is 8.63. The zero-order valence-electron chi connectivity index (χ0n) is 16.5. The maximum absolute atomic E-state index is 13.0. The van der Waals surface area contributed by atoms with Crippen molar-refractivity contribution in [3.05, 3.63) is 54.1 Å². The van der Waals surface area contributed by atoms with Crippen LogP contribution >= 0.6 is 11.3 Å². The van der Waals surface area contributed by atoms with Gasteiger partial charge in [-0.1, -0.05) is 41.7 Å². The number of amides is 1. The van der Waals surface area contributed by atoms with E-state index in [4.69, 9.17) is 14.5 Å². The van der Waals surface area contributed by atoms with Gasteiger partial charge < -0.3 is 14.4 Å². The lowest BCUT2D eigenvalue weighted by Crippen LogP contribution is -2.35. The van der Waals surface area contributed by atoms with Crippen LogP contribution in [0.5, 0.6) is 11.5 Å². The molecule has 0 radical (unpaired) electrons. The number of benzene rings is 2. The van der Waals surface area contributed by atoms with Crippen LogP contribution in [-0.2, 0) is 4.79 Å². The van der Waals surface area contributed by atoms with Gasteiger partial charge in [0.2, 0.25) is 0 Å². The van der Waals surface area contributed by atoms with E-state index in [1.165, 1.54) is 11.3 Å². The maximum atomic E-state index is 13.0. The van der Waals surface area contributed by atoms with E-state index in [-0.39, 0.29) is 5.91 Å². The number of thiazole rings is 1. The van der Waals surface area contributed by atoms with Gasteiger partial charge in [-0.2, -0.15) is 0 Å². The Morgan fingerprint density at radius 2 is 1.83 bits per heavy atom. The van der Waals surface area contributed by atoms with Crippen LogP contribution in [0.4, 0.5) is 5.13 Å². The third-order valence-corrected chi connectivity index (χ3v) is 5.57. The lowest BCUT2D eigenvalue weighted by atomic mass is 10.2. The smallest absolute Gasteiger partial charge is 0.252 e. The lowest BCUT2D eigenvalue weighted by Gasteiger charge is -2.20. The van der Waals surface area contributed by atoms with E-state index in [0.717, 1.165) is 28.1 Å². The van der Waals surface area contributed by atoms with Crippen molar-refractivity contribution in [1.29, 1.82) is 0 Å². The van der Waals surface area contributed by atoms with E-state index in [9.17, 15) is 4.79 Å².